The second-order valence-corrected chi connectivity index (χ2v) is 3.25. The number of nitrogens with zero attached hydrogens (tertiary/aromatic N) is 2. The number of anilines is 1. The Kier molecular flexibility index (Phi) is 3.34. The molecule has 0 aliphatic heterocycles. The predicted octanol–water partition coefficient (Wildman–Crippen LogP) is 1.47. The number of carbonyl (C=O) groups excluding carboxylic acids is 1. The van der Waals surface area contributed by atoms with Crippen molar-refractivity contribution in [3.63, 3.8) is 0 Å². The van der Waals surface area contributed by atoms with Gasteiger partial charge >= 0.3 is 5.97 Å². The number of ether oxygens (including phenoxy) is 1. The minimum absolute atomic E-state index is 0.259. The quantitative estimate of drug-likeness (QED) is 0.806. The molecule has 0 aromatic carbocycles. The highest BCUT2D eigenvalue weighted by Crippen LogP contribution is 2.10. The molecule has 0 fully saturated rings. The molecular formula is C11H11N3O3. The van der Waals surface area contributed by atoms with Crippen LogP contribution in [0.5, 0.6) is 0 Å². The molecule has 0 atom stereocenters. The van der Waals surface area contributed by atoms with Crippen molar-refractivity contribution in [3.8, 4) is 0 Å². The highest BCUT2D eigenvalue weighted by molar-refractivity contribution is 5.88. The van der Waals surface area contributed by atoms with Crippen LogP contribution in [0.15, 0.2) is 35.1 Å². The summed E-state index contributed by atoms with van der Waals surface area (Å²) in [7, 11) is 1.32. The van der Waals surface area contributed by atoms with E-state index in [2.05, 4.69) is 20.2 Å². The lowest BCUT2D eigenvalue weighted by atomic mass is 10.3. The molecule has 0 unspecified atom stereocenters. The van der Waals surface area contributed by atoms with Crippen molar-refractivity contribution >= 4 is 11.7 Å². The van der Waals surface area contributed by atoms with E-state index in [4.69, 9.17) is 4.52 Å². The lowest BCUT2D eigenvalue weighted by Gasteiger charge is -2.04. The van der Waals surface area contributed by atoms with Crippen LogP contribution in [-0.4, -0.2) is 23.2 Å². The van der Waals surface area contributed by atoms with Gasteiger partial charge < -0.3 is 14.6 Å². The van der Waals surface area contributed by atoms with Gasteiger partial charge in [0, 0.05) is 18.0 Å². The number of carbonyl (C=O) groups is 1. The number of methoxy groups -OCH3 is 1. The van der Waals surface area contributed by atoms with E-state index in [1.807, 2.05) is 0 Å². The Morgan fingerprint density at radius 3 is 3.06 bits per heavy atom. The fraction of sp³-hybridized carbons (Fsp3) is 0.182. The van der Waals surface area contributed by atoms with Gasteiger partial charge in [0.25, 0.3) is 0 Å². The average molecular weight is 233 g/mol. The zero-order chi connectivity index (χ0) is 12.1. The summed E-state index contributed by atoms with van der Waals surface area (Å²) in [5, 5.41) is 6.68. The largest absolute Gasteiger partial charge is 0.464 e. The molecule has 2 aromatic heterocycles. The van der Waals surface area contributed by atoms with Gasteiger partial charge in [-0.3, -0.25) is 0 Å². The first-order valence-electron chi connectivity index (χ1n) is 4.97. The van der Waals surface area contributed by atoms with E-state index in [1.54, 1.807) is 24.4 Å². The molecule has 17 heavy (non-hydrogen) atoms. The van der Waals surface area contributed by atoms with E-state index in [1.165, 1.54) is 13.3 Å². The molecule has 0 aliphatic carbocycles. The SMILES string of the molecule is COC(=O)c1cc(NCc2ccno2)ccn1. The van der Waals surface area contributed by atoms with E-state index < -0.39 is 5.97 Å². The Balaban J connectivity index is 2.03. The van der Waals surface area contributed by atoms with Gasteiger partial charge in [0.2, 0.25) is 0 Å². The van der Waals surface area contributed by atoms with Crippen LogP contribution in [0, 0.1) is 0 Å². The highest BCUT2D eigenvalue weighted by Gasteiger charge is 2.07. The summed E-state index contributed by atoms with van der Waals surface area (Å²) in [6.07, 6.45) is 3.11. The molecule has 0 aliphatic rings. The first-order chi connectivity index (χ1) is 8.29. The molecule has 0 saturated carbocycles. The molecule has 6 heteroatoms. The zero-order valence-electron chi connectivity index (χ0n) is 9.21. The van der Waals surface area contributed by atoms with Gasteiger partial charge in [-0.2, -0.15) is 0 Å². The van der Waals surface area contributed by atoms with Gasteiger partial charge in [0.1, 0.15) is 5.69 Å². The summed E-state index contributed by atoms with van der Waals surface area (Å²) in [4.78, 5) is 15.2. The maximum atomic E-state index is 11.3. The van der Waals surface area contributed by atoms with Crippen LogP contribution in [0.3, 0.4) is 0 Å². The van der Waals surface area contributed by atoms with Crippen molar-refractivity contribution in [2.24, 2.45) is 0 Å². The summed E-state index contributed by atoms with van der Waals surface area (Å²) in [5.41, 5.74) is 1.02. The number of hydrogen-bond donors (Lipinski definition) is 1. The molecule has 0 saturated heterocycles. The van der Waals surface area contributed by atoms with Crippen molar-refractivity contribution in [2.45, 2.75) is 6.54 Å². The molecule has 0 bridgehead atoms. The molecule has 0 amide bonds. The van der Waals surface area contributed by atoms with E-state index >= 15 is 0 Å². The van der Waals surface area contributed by atoms with E-state index in [9.17, 15) is 4.79 Å². The third-order valence-electron chi connectivity index (χ3n) is 2.11. The number of esters is 1. The third kappa shape index (κ3) is 2.81. The Morgan fingerprint density at radius 1 is 1.47 bits per heavy atom. The van der Waals surface area contributed by atoms with Crippen LogP contribution in [0.2, 0.25) is 0 Å². The summed E-state index contributed by atoms with van der Waals surface area (Å²) >= 11 is 0. The van der Waals surface area contributed by atoms with E-state index in [-0.39, 0.29) is 5.69 Å². The first-order valence-corrected chi connectivity index (χ1v) is 4.97. The van der Waals surface area contributed by atoms with Gasteiger partial charge in [-0.05, 0) is 12.1 Å². The number of rotatable bonds is 4. The summed E-state index contributed by atoms with van der Waals surface area (Å²) < 4.78 is 9.52. The standard InChI is InChI=1S/C11H11N3O3/c1-16-11(15)10-6-8(2-4-12-10)13-7-9-3-5-14-17-9/h2-6H,7H2,1H3,(H,12,13). The Hall–Kier alpha value is -2.37. The summed E-state index contributed by atoms with van der Waals surface area (Å²) in [6, 6.07) is 5.13. The highest BCUT2D eigenvalue weighted by atomic mass is 16.5. The Bertz CT molecular complexity index is 496. The van der Waals surface area contributed by atoms with Crippen molar-refractivity contribution in [3.05, 3.63) is 42.0 Å². The van der Waals surface area contributed by atoms with Crippen LogP contribution in [0.1, 0.15) is 16.2 Å². The smallest absolute Gasteiger partial charge is 0.356 e. The maximum Gasteiger partial charge on any atom is 0.356 e. The number of aromatic nitrogens is 2. The van der Waals surface area contributed by atoms with Crippen LogP contribution in [-0.2, 0) is 11.3 Å². The summed E-state index contributed by atoms with van der Waals surface area (Å²) in [5.74, 6) is 0.245. The van der Waals surface area contributed by atoms with Gasteiger partial charge in [-0.1, -0.05) is 5.16 Å². The molecule has 6 nitrogen and oxygen atoms in total. The lowest BCUT2D eigenvalue weighted by Crippen LogP contribution is -2.05. The first kappa shape index (κ1) is 11.1. The van der Waals surface area contributed by atoms with Gasteiger partial charge in [-0.15, -0.1) is 0 Å². The van der Waals surface area contributed by atoms with Gasteiger partial charge in [0.05, 0.1) is 19.9 Å². The second-order valence-electron chi connectivity index (χ2n) is 3.25. The normalized spacial score (nSPS) is 9.94. The van der Waals surface area contributed by atoms with Crippen LogP contribution in [0.4, 0.5) is 5.69 Å². The minimum atomic E-state index is -0.465. The molecule has 1 N–H and O–H groups in total. The van der Waals surface area contributed by atoms with Crippen molar-refractivity contribution in [1.29, 1.82) is 0 Å². The summed E-state index contributed by atoms with van der Waals surface area (Å²) in [6.45, 7) is 0.491. The minimum Gasteiger partial charge on any atom is -0.464 e. The third-order valence-corrected chi connectivity index (χ3v) is 2.11. The second kappa shape index (κ2) is 5.11. The lowest BCUT2D eigenvalue weighted by molar-refractivity contribution is 0.0594. The van der Waals surface area contributed by atoms with Crippen molar-refractivity contribution < 1.29 is 14.1 Å². The predicted molar refractivity (Wildman–Crippen MR) is 59.4 cm³/mol. The topological polar surface area (TPSA) is 77.2 Å². The van der Waals surface area contributed by atoms with Crippen LogP contribution in [0.25, 0.3) is 0 Å². The molecule has 2 rings (SSSR count). The number of hydrogen-bond acceptors (Lipinski definition) is 6. The van der Waals surface area contributed by atoms with Crippen molar-refractivity contribution in [2.75, 3.05) is 12.4 Å². The zero-order valence-corrected chi connectivity index (χ0v) is 9.21. The van der Waals surface area contributed by atoms with Gasteiger partial charge in [-0.25, -0.2) is 9.78 Å². The van der Waals surface area contributed by atoms with Gasteiger partial charge in [0.15, 0.2) is 5.76 Å². The Labute approximate surface area is 97.6 Å². The number of pyridine rings is 1. The van der Waals surface area contributed by atoms with Crippen molar-refractivity contribution in [1.82, 2.24) is 10.1 Å². The van der Waals surface area contributed by atoms with E-state index in [0.717, 1.165) is 5.69 Å². The van der Waals surface area contributed by atoms with E-state index in [0.29, 0.717) is 12.3 Å². The monoisotopic (exact) mass is 233 g/mol. The Morgan fingerprint density at radius 2 is 2.35 bits per heavy atom. The molecule has 88 valence electrons. The molecule has 2 aromatic rings. The molecular weight excluding hydrogens is 222 g/mol. The van der Waals surface area contributed by atoms with Crippen LogP contribution < -0.4 is 5.32 Å². The molecule has 0 spiro atoms. The average Bonchev–Trinajstić information content (AvgIpc) is 2.89. The van der Waals surface area contributed by atoms with Crippen LogP contribution >= 0.6 is 0 Å². The molecule has 0 radical (unpaired) electrons. The number of nitrogens with one attached hydrogen (secondary N) is 1. The fourth-order valence-corrected chi connectivity index (χ4v) is 1.28. The maximum absolute atomic E-state index is 11.3. The fourth-order valence-electron chi connectivity index (χ4n) is 1.28. The molecule has 2 heterocycles.